The molecule has 0 spiro atoms. The molecule has 0 radical (unpaired) electrons. The second kappa shape index (κ2) is 9.20. The molecule has 26 heavy (non-hydrogen) atoms. The van der Waals surface area contributed by atoms with Gasteiger partial charge in [0.05, 0.1) is 32.0 Å². The van der Waals surface area contributed by atoms with Crippen molar-refractivity contribution in [3.63, 3.8) is 0 Å². The number of benzene rings is 2. The molecular weight excluding hydrogens is 356 g/mol. The van der Waals surface area contributed by atoms with E-state index in [4.69, 9.17) is 25.8 Å². The Morgan fingerprint density at radius 3 is 2.46 bits per heavy atom. The minimum atomic E-state index is -0.347. The van der Waals surface area contributed by atoms with Gasteiger partial charge < -0.3 is 24.8 Å². The van der Waals surface area contributed by atoms with E-state index in [-0.39, 0.29) is 12.1 Å². The Balaban J connectivity index is 2.00. The summed E-state index contributed by atoms with van der Waals surface area (Å²) in [5.74, 6) is 1.72. The molecule has 0 fully saturated rings. The fourth-order valence-electron chi connectivity index (χ4n) is 2.54. The number of carbonyl (C=O) groups is 1. The summed E-state index contributed by atoms with van der Waals surface area (Å²) >= 11 is 6.12. The van der Waals surface area contributed by atoms with Crippen LogP contribution < -0.4 is 24.8 Å². The number of halogens is 1. The first kappa shape index (κ1) is 19.7. The summed E-state index contributed by atoms with van der Waals surface area (Å²) in [5.41, 5.74) is 1.53. The number of hydrogen-bond acceptors (Lipinski definition) is 4. The lowest BCUT2D eigenvalue weighted by Gasteiger charge is -2.17. The Labute approximate surface area is 158 Å². The maximum absolute atomic E-state index is 12.3. The Kier molecular flexibility index (Phi) is 6.97. The van der Waals surface area contributed by atoms with Crippen LogP contribution in [-0.2, 0) is 6.42 Å². The average molecular weight is 379 g/mol. The molecule has 0 aromatic heterocycles. The zero-order valence-electron chi connectivity index (χ0n) is 15.3. The molecule has 6 nitrogen and oxygen atoms in total. The number of methoxy groups -OCH3 is 3. The summed E-state index contributed by atoms with van der Waals surface area (Å²) in [5, 5.41) is 6.03. The largest absolute Gasteiger partial charge is 0.497 e. The first-order chi connectivity index (χ1) is 12.5. The smallest absolute Gasteiger partial charge is 0.319 e. The normalized spacial score (nSPS) is 11.4. The summed E-state index contributed by atoms with van der Waals surface area (Å²) in [6, 6.07) is 10.5. The fraction of sp³-hybridized carbons (Fsp3) is 0.316. The van der Waals surface area contributed by atoms with Gasteiger partial charge in [0.1, 0.15) is 17.2 Å². The molecule has 2 amide bonds. The Morgan fingerprint density at radius 1 is 1.08 bits per heavy atom. The Morgan fingerprint density at radius 2 is 1.81 bits per heavy atom. The molecule has 0 heterocycles. The van der Waals surface area contributed by atoms with Crippen molar-refractivity contribution in [2.45, 2.75) is 19.4 Å². The van der Waals surface area contributed by atoms with Gasteiger partial charge in [-0.1, -0.05) is 23.7 Å². The van der Waals surface area contributed by atoms with Crippen LogP contribution in [0.25, 0.3) is 0 Å². The van der Waals surface area contributed by atoms with Crippen LogP contribution in [-0.4, -0.2) is 33.4 Å². The standard InChI is InChI=1S/C19H23ClN2O4/c1-12(8-13-6-5-7-14(9-13)24-2)21-19(23)22-16-10-15(20)17(25-3)11-18(16)26-4/h5-7,9-12H,8H2,1-4H3,(H2,21,22,23). The zero-order chi connectivity index (χ0) is 19.1. The van der Waals surface area contributed by atoms with Crippen molar-refractivity contribution in [3.05, 3.63) is 47.0 Å². The third kappa shape index (κ3) is 5.20. The van der Waals surface area contributed by atoms with Crippen LogP contribution in [0.15, 0.2) is 36.4 Å². The lowest BCUT2D eigenvalue weighted by molar-refractivity contribution is 0.249. The highest BCUT2D eigenvalue weighted by Crippen LogP contribution is 2.35. The van der Waals surface area contributed by atoms with Crippen molar-refractivity contribution in [1.29, 1.82) is 0 Å². The van der Waals surface area contributed by atoms with Crippen LogP contribution in [0.5, 0.6) is 17.2 Å². The predicted molar refractivity (Wildman–Crippen MR) is 103 cm³/mol. The SMILES string of the molecule is COc1cccc(CC(C)NC(=O)Nc2cc(Cl)c(OC)cc2OC)c1. The number of rotatable bonds is 7. The van der Waals surface area contributed by atoms with Gasteiger partial charge in [0.15, 0.2) is 0 Å². The molecule has 0 aliphatic rings. The van der Waals surface area contributed by atoms with Crippen molar-refractivity contribution < 1.29 is 19.0 Å². The molecule has 2 aromatic rings. The highest BCUT2D eigenvalue weighted by molar-refractivity contribution is 6.32. The number of ether oxygens (including phenoxy) is 3. The molecular formula is C19H23ClN2O4. The molecule has 0 saturated heterocycles. The van der Waals surface area contributed by atoms with Crippen molar-refractivity contribution in [1.82, 2.24) is 5.32 Å². The molecule has 0 aliphatic heterocycles. The van der Waals surface area contributed by atoms with Gasteiger partial charge in [-0.25, -0.2) is 4.79 Å². The van der Waals surface area contributed by atoms with Crippen LogP contribution in [0.4, 0.5) is 10.5 Å². The third-order valence-corrected chi connectivity index (χ3v) is 4.07. The van der Waals surface area contributed by atoms with E-state index in [2.05, 4.69) is 10.6 Å². The van der Waals surface area contributed by atoms with Gasteiger partial charge in [-0.15, -0.1) is 0 Å². The molecule has 1 unspecified atom stereocenters. The second-order valence-corrected chi connectivity index (χ2v) is 6.15. The van der Waals surface area contributed by atoms with Crippen LogP contribution in [0.1, 0.15) is 12.5 Å². The van der Waals surface area contributed by atoms with E-state index in [0.717, 1.165) is 11.3 Å². The molecule has 140 valence electrons. The minimum Gasteiger partial charge on any atom is -0.497 e. The molecule has 0 saturated carbocycles. The first-order valence-corrected chi connectivity index (χ1v) is 8.46. The first-order valence-electron chi connectivity index (χ1n) is 8.08. The molecule has 0 bridgehead atoms. The van der Waals surface area contributed by atoms with Gasteiger partial charge in [0.25, 0.3) is 0 Å². The number of hydrogen-bond donors (Lipinski definition) is 2. The third-order valence-electron chi connectivity index (χ3n) is 3.78. The summed E-state index contributed by atoms with van der Waals surface area (Å²) in [6.07, 6.45) is 0.672. The van der Waals surface area contributed by atoms with Crippen LogP contribution in [0.2, 0.25) is 5.02 Å². The lowest BCUT2D eigenvalue weighted by atomic mass is 10.1. The van der Waals surface area contributed by atoms with E-state index >= 15 is 0 Å². The van der Waals surface area contributed by atoms with Crippen molar-refractivity contribution in [2.24, 2.45) is 0 Å². The average Bonchev–Trinajstić information content (AvgIpc) is 2.61. The van der Waals surface area contributed by atoms with Crippen LogP contribution in [0.3, 0.4) is 0 Å². The summed E-state index contributed by atoms with van der Waals surface area (Å²) in [6.45, 7) is 1.93. The van der Waals surface area contributed by atoms with Crippen molar-refractivity contribution >= 4 is 23.3 Å². The van der Waals surface area contributed by atoms with E-state index in [1.54, 1.807) is 19.2 Å². The molecule has 1 atom stereocenters. The summed E-state index contributed by atoms with van der Waals surface area (Å²) in [7, 11) is 4.65. The van der Waals surface area contributed by atoms with Gasteiger partial charge in [-0.3, -0.25) is 0 Å². The molecule has 0 aliphatic carbocycles. The molecule has 2 aromatic carbocycles. The van der Waals surface area contributed by atoms with E-state index in [1.807, 2.05) is 31.2 Å². The Bertz CT molecular complexity index is 767. The number of amides is 2. The number of carbonyl (C=O) groups excluding carboxylic acids is 1. The fourth-order valence-corrected chi connectivity index (χ4v) is 2.78. The van der Waals surface area contributed by atoms with Gasteiger partial charge in [0, 0.05) is 12.1 Å². The lowest BCUT2D eigenvalue weighted by Crippen LogP contribution is -2.37. The van der Waals surface area contributed by atoms with Crippen molar-refractivity contribution in [2.75, 3.05) is 26.6 Å². The molecule has 7 heteroatoms. The predicted octanol–water partition coefficient (Wildman–Crippen LogP) is 4.12. The quantitative estimate of drug-likeness (QED) is 0.760. The van der Waals surface area contributed by atoms with Crippen molar-refractivity contribution in [3.8, 4) is 17.2 Å². The Hall–Kier alpha value is -2.60. The van der Waals surface area contributed by atoms with Crippen LogP contribution >= 0.6 is 11.6 Å². The monoisotopic (exact) mass is 378 g/mol. The van der Waals surface area contributed by atoms with Gasteiger partial charge in [-0.2, -0.15) is 0 Å². The topological polar surface area (TPSA) is 68.8 Å². The maximum Gasteiger partial charge on any atom is 0.319 e. The van der Waals surface area contributed by atoms with E-state index < -0.39 is 0 Å². The number of urea groups is 1. The van der Waals surface area contributed by atoms with Gasteiger partial charge >= 0.3 is 6.03 Å². The van der Waals surface area contributed by atoms with E-state index in [0.29, 0.717) is 28.6 Å². The number of anilines is 1. The van der Waals surface area contributed by atoms with Gasteiger partial charge in [0.2, 0.25) is 0 Å². The number of nitrogens with one attached hydrogen (secondary N) is 2. The highest BCUT2D eigenvalue weighted by atomic mass is 35.5. The minimum absolute atomic E-state index is 0.0816. The second-order valence-electron chi connectivity index (χ2n) is 5.74. The van der Waals surface area contributed by atoms with E-state index in [9.17, 15) is 4.79 Å². The zero-order valence-corrected chi connectivity index (χ0v) is 16.0. The highest BCUT2D eigenvalue weighted by Gasteiger charge is 2.14. The maximum atomic E-state index is 12.3. The van der Waals surface area contributed by atoms with Gasteiger partial charge in [-0.05, 0) is 37.1 Å². The molecule has 2 rings (SSSR count). The summed E-state index contributed by atoms with van der Waals surface area (Å²) < 4.78 is 15.6. The molecule has 2 N–H and O–H groups in total. The van der Waals surface area contributed by atoms with Crippen LogP contribution in [0, 0.1) is 0 Å². The van der Waals surface area contributed by atoms with E-state index in [1.165, 1.54) is 14.2 Å². The summed E-state index contributed by atoms with van der Waals surface area (Å²) in [4.78, 5) is 12.3.